The van der Waals surface area contributed by atoms with E-state index >= 15 is 0 Å². The second-order valence-corrected chi connectivity index (χ2v) is 4.07. The predicted octanol–water partition coefficient (Wildman–Crippen LogP) is 1.35. The van der Waals surface area contributed by atoms with Gasteiger partial charge in [-0.2, -0.15) is 0 Å². The highest BCUT2D eigenvalue weighted by atomic mass is 16.5. The molecule has 0 bridgehead atoms. The van der Waals surface area contributed by atoms with E-state index in [-0.39, 0.29) is 5.97 Å². The van der Waals surface area contributed by atoms with Gasteiger partial charge in [-0.25, -0.2) is 9.97 Å². The van der Waals surface area contributed by atoms with E-state index in [0.717, 1.165) is 0 Å². The zero-order valence-electron chi connectivity index (χ0n) is 12.0. The first kappa shape index (κ1) is 16.2. The van der Waals surface area contributed by atoms with Gasteiger partial charge in [0.1, 0.15) is 18.2 Å². The Balaban J connectivity index is 2.39. The molecule has 0 fully saturated rings. The molecule has 0 radical (unpaired) electrons. The topological polar surface area (TPSA) is 99.4 Å². The number of ether oxygens (including phenoxy) is 2. The van der Waals surface area contributed by atoms with Crippen molar-refractivity contribution < 1.29 is 14.3 Å². The Kier molecular flexibility index (Phi) is 7.34. The number of carbonyl (C=O) groups is 1. The van der Waals surface area contributed by atoms with E-state index in [2.05, 4.69) is 15.3 Å². The maximum atomic E-state index is 11.2. The minimum atomic E-state index is -0.187. The summed E-state index contributed by atoms with van der Waals surface area (Å²) >= 11 is 0. The molecule has 1 heterocycles. The summed E-state index contributed by atoms with van der Waals surface area (Å²) in [5, 5.41) is 3.11. The second kappa shape index (κ2) is 9.08. The van der Waals surface area contributed by atoms with Gasteiger partial charge in [-0.3, -0.25) is 4.79 Å². The SMILES string of the molecule is CCOCc1nc(N)cc(NCCCC(=O)OCC)n1. The number of aromatic nitrogens is 2. The van der Waals surface area contributed by atoms with Gasteiger partial charge in [-0.15, -0.1) is 0 Å². The highest BCUT2D eigenvalue weighted by Crippen LogP contribution is 2.09. The molecule has 7 nitrogen and oxygen atoms in total. The molecule has 0 aliphatic carbocycles. The third kappa shape index (κ3) is 6.33. The van der Waals surface area contributed by atoms with E-state index in [1.54, 1.807) is 13.0 Å². The van der Waals surface area contributed by atoms with E-state index in [0.29, 0.717) is 56.7 Å². The van der Waals surface area contributed by atoms with Crippen molar-refractivity contribution in [1.82, 2.24) is 9.97 Å². The van der Waals surface area contributed by atoms with Crippen molar-refractivity contribution in [3.63, 3.8) is 0 Å². The molecule has 0 aromatic carbocycles. The summed E-state index contributed by atoms with van der Waals surface area (Å²) in [7, 11) is 0. The molecule has 1 aromatic rings. The van der Waals surface area contributed by atoms with Gasteiger partial charge in [0.25, 0.3) is 0 Å². The van der Waals surface area contributed by atoms with E-state index < -0.39 is 0 Å². The first-order valence-corrected chi connectivity index (χ1v) is 6.76. The van der Waals surface area contributed by atoms with Crippen LogP contribution in [0.15, 0.2) is 6.07 Å². The Hall–Kier alpha value is -1.89. The Morgan fingerprint density at radius 1 is 1.35 bits per heavy atom. The minimum Gasteiger partial charge on any atom is -0.466 e. The molecule has 20 heavy (non-hydrogen) atoms. The van der Waals surface area contributed by atoms with Crippen molar-refractivity contribution in [1.29, 1.82) is 0 Å². The van der Waals surface area contributed by atoms with Crippen molar-refractivity contribution >= 4 is 17.6 Å². The van der Waals surface area contributed by atoms with E-state index in [1.165, 1.54) is 0 Å². The maximum absolute atomic E-state index is 11.2. The van der Waals surface area contributed by atoms with Crippen LogP contribution < -0.4 is 11.1 Å². The molecule has 0 unspecified atom stereocenters. The van der Waals surface area contributed by atoms with Gasteiger partial charge >= 0.3 is 5.97 Å². The highest BCUT2D eigenvalue weighted by Gasteiger charge is 2.04. The van der Waals surface area contributed by atoms with Crippen molar-refractivity contribution in [2.75, 3.05) is 30.8 Å². The molecule has 0 aliphatic heterocycles. The van der Waals surface area contributed by atoms with Gasteiger partial charge < -0.3 is 20.5 Å². The highest BCUT2D eigenvalue weighted by molar-refractivity contribution is 5.69. The van der Waals surface area contributed by atoms with E-state index in [9.17, 15) is 4.79 Å². The van der Waals surface area contributed by atoms with E-state index in [4.69, 9.17) is 15.2 Å². The lowest BCUT2D eigenvalue weighted by Crippen LogP contribution is -2.11. The molecule has 0 amide bonds. The Morgan fingerprint density at radius 3 is 2.85 bits per heavy atom. The Bertz CT molecular complexity index is 426. The standard InChI is InChI=1S/C13H22N4O3/c1-3-19-9-12-16-10(14)8-11(17-12)15-7-5-6-13(18)20-4-2/h8H,3-7,9H2,1-2H3,(H3,14,15,16,17). The molecule has 7 heteroatoms. The molecular formula is C13H22N4O3. The second-order valence-electron chi connectivity index (χ2n) is 4.07. The van der Waals surface area contributed by atoms with Crippen LogP contribution in [0.1, 0.15) is 32.5 Å². The lowest BCUT2D eigenvalue weighted by Gasteiger charge is -2.08. The van der Waals surface area contributed by atoms with Gasteiger partial charge in [0.2, 0.25) is 0 Å². The molecular weight excluding hydrogens is 260 g/mol. The fraction of sp³-hybridized carbons (Fsp3) is 0.615. The number of hydrogen-bond acceptors (Lipinski definition) is 7. The lowest BCUT2D eigenvalue weighted by atomic mass is 10.3. The van der Waals surface area contributed by atoms with Gasteiger partial charge in [0, 0.05) is 25.6 Å². The average Bonchev–Trinajstić information content (AvgIpc) is 2.41. The molecule has 1 rings (SSSR count). The third-order valence-electron chi connectivity index (χ3n) is 2.40. The summed E-state index contributed by atoms with van der Waals surface area (Å²) < 4.78 is 10.1. The van der Waals surface area contributed by atoms with Gasteiger partial charge in [0.05, 0.1) is 6.61 Å². The van der Waals surface area contributed by atoms with Crippen molar-refractivity contribution in [2.24, 2.45) is 0 Å². The summed E-state index contributed by atoms with van der Waals surface area (Å²) in [5.74, 6) is 1.38. The van der Waals surface area contributed by atoms with Gasteiger partial charge in [-0.1, -0.05) is 0 Å². The zero-order valence-corrected chi connectivity index (χ0v) is 12.0. The fourth-order valence-corrected chi connectivity index (χ4v) is 1.55. The van der Waals surface area contributed by atoms with Crippen molar-refractivity contribution in [2.45, 2.75) is 33.3 Å². The fourth-order valence-electron chi connectivity index (χ4n) is 1.55. The number of esters is 1. The van der Waals surface area contributed by atoms with Crippen LogP contribution in [-0.2, 0) is 20.9 Å². The van der Waals surface area contributed by atoms with Crippen molar-refractivity contribution in [3.05, 3.63) is 11.9 Å². The first-order valence-electron chi connectivity index (χ1n) is 6.76. The monoisotopic (exact) mass is 282 g/mol. The quantitative estimate of drug-likeness (QED) is 0.521. The summed E-state index contributed by atoms with van der Waals surface area (Å²) in [4.78, 5) is 19.5. The van der Waals surface area contributed by atoms with Crippen LogP contribution in [0.4, 0.5) is 11.6 Å². The smallest absolute Gasteiger partial charge is 0.305 e. The predicted molar refractivity (Wildman–Crippen MR) is 76.1 cm³/mol. The number of carbonyl (C=O) groups excluding carboxylic acids is 1. The van der Waals surface area contributed by atoms with Crippen LogP contribution in [0, 0.1) is 0 Å². The van der Waals surface area contributed by atoms with Crippen LogP contribution in [0.3, 0.4) is 0 Å². The molecule has 0 spiro atoms. The zero-order chi connectivity index (χ0) is 14.8. The largest absolute Gasteiger partial charge is 0.466 e. The van der Waals surface area contributed by atoms with Crippen LogP contribution in [0.5, 0.6) is 0 Å². The van der Waals surface area contributed by atoms with Crippen LogP contribution in [0.2, 0.25) is 0 Å². The van der Waals surface area contributed by atoms with E-state index in [1.807, 2.05) is 6.92 Å². The molecule has 0 atom stereocenters. The molecule has 0 saturated carbocycles. The number of nitrogens with zero attached hydrogens (tertiary/aromatic N) is 2. The molecule has 3 N–H and O–H groups in total. The number of nitrogens with one attached hydrogen (secondary N) is 1. The normalized spacial score (nSPS) is 10.3. The number of nitrogen functional groups attached to an aromatic ring is 1. The van der Waals surface area contributed by atoms with Crippen molar-refractivity contribution in [3.8, 4) is 0 Å². The summed E-state index contributed by atoms with van der Waals surface area (Å²) in [6, 6.07) is 1.65. The number of rotatable bonds is 9. The Morgan fingerprint density at radius 2 is 2.15 bits per heavy atom. The maximum Gasteiger partial charge on any atom is 0.305 e. The minimum absolute atomic E-state index is 0.187. The van der Waals surface area contributed by atoms with Crippen LogP contribution in [-0.4, -0.2) is 35.7 Å². The van der Waals surface area contributed by atoms with Crippen LogP contribution in [0.25, 0.3) is 0 Å². The molecule has 112 valence electrons. The molecule has 0 aliphatic rings. The number of nitrogens with two attached hydrogens (primary N) is 1. The Labute approximate surface area is 118 Å². The summed E-state index contributed by atoms with van der Waals surface area (Å²) in [6.07, 6.45) is 1.05. The molecule has 1 aromatic heterocycles. The summed E-state index contributed by atoms with van der Waals surface area (Å²) in [5.41, 5.74) is 5.70. The van der Waals surface area contributed by atoms with Gasteiger partial charge in [0.15, 0.2) is 5.82 Å². The number of anilines is 2. The lowest BCUT2D eigenvalue weighted by molar-refractivity contribution is -0.143. The number of hydrogen-bond donors (Lipinski definition) is 2. The molecule has 0 saturated heterocycles. The van der Waals surface area contributed by atoms with Gasteiger partial charge in [-0.05, 0) is 20.3 Å². The first-order chi connectivity index (χ1) is 9.65. The third-order valence-corrected chi connectivity index (χ3v) is 2.40. The average molecular weight is 282 g/mol. The summed E-state index contributed by atoms with van der Waals surface area (Å²) in [6.45, 7) is 5.65. The van der Waals surface area contributed by atoms with Crippen LogP contribution >= 0.6 is 0 Å².